The van der Waals surface area contributed by atoms with Gasteiger partial charge in [0.1, 0.15) is 0 Å². The second-order valence-corrected chi connectivity index (χ2v) is 4.96. The molecule has 3 N–H and O–H groups in total. The molecule has 2 aliphatic heterocycles. The van der Waals surface area contributed by atoms with Crippen molar-refractivity contribution in [2.75, 3.05) is 18.8 Å². The first kappa shape index (κ1) is 10.1. The Kier molecular flexibility index (Phi) is 2.58. The summed E-state index contributed by atoms with van der Waals surface area (Å²) >= 11 is 0. The number of piperazine rings is 1. The maximum Gasteiger partial charge on any atom is 0.0314 e. The van der Waals surface area contributed by atoms with E-state index in [1.165, 1.54) is 18.4 Å². The van der Waals surface area contributed by atoms with E-state index in [-0.39, 0.29) is 0 Å². The summed E-state index contributed by atoms with van der Waals surface area (Å²) in [6.07, 6.45) is 2.71. The molecule has 2 saturated heterocycles. The molecule has 0 aromatic heterocycles. The summed E-state index contributed by atoms with van der Waals surface area (Å²) < 4.78 is 0. The number of hydrogen-bond donors (Lipinski definition) is 2. The zero-order valence-corrected chi connectivity index (χ0v) is 9.52. The topological polar surface area (TPSA) is 41.3 Å². The number of anilines is 1. The van der Waals surface area contributed by atoms with Crippen molar-refractivity contribution in [2.24, 2.45) is 0 Å². The highest BCUT2D eigenvalue weighted by Crippen LogP contribution is 2.28. The lowest BCUT2D eigenvalue weighted by Crippen LogP contribution is -2.51. The molecule has 3 nitrogen and oxygen atoms in total. The summed E-state index contributed by atoms with van der Waals surface area (Å²) in [4.78, 5) is 2.65. The number of nitrogens with zero attached hydrogens (tertiary/aromatic N) is 1. The normalized spacial score (nSPS) is 29.5. The van der Waals surface area contributed by atoms with E-state index in [1.807, 2.05) is 12.1 Å². The van der Waals surface area contributed by atoms with Crippen LogP contribution in [0.1, 0.15) is 18.4 Å². The number of fused-ring (bicyclic) bond motifs is 2. The average molecular weight is 217 g/mol. The number of rotatable bonds is 2. The Labute approximate surface area is 96.6 Å². The Morgan fingerprint density at radius 2 is 1.75 bits per heavy atom. The van der Waals surface area contributed by atoms with E-state index in [2.05, 4.69) is 22.3 Å². The second-order valence-electron chi connectivity index (χ2n) is 4.96. The van der Waals surface area contributed by atoms with E-state index in [1.54, 1.807) is 0 Å². The monoisotopic (exact) mass is 217 g/mol. The van der Waals surface area contributed by atoms with Crippen molar-refractivity contribution in [3.05, 3.63) is 29.8 Å². The van der Waals surface area contributed by atoms with Crippen molar-refractivity contribution < 1.29 is 0 Å². The van der Waals surface area contributed by atoms with Crippen molar-refractivity contribution in [2.45, 2.75) is 31.5 Å². The fourth-order valence-electron chi connectivity index (χ4n) is 2.96. The van der Waals surface area contributed by atoms with E-state index >= 15 is 0 Å². The molecule has 0 spiro atoms. The Bertz CT molecular complexity index is 344. The van der Waals surface area contributed by atoms with Gasteiger partial charge in [0, 0.05) is 37.4 Å². The van der Waals surface area contributed by atoms with Gasteiger partial charge in [-0.15, -0.1) is 0 Å². The highest BCUT2D eigenvalue weighted by Gasteiger charge is 2.35. The third-order valence-corrected chi connectivity index (χ3v) is 3.88. The molecule has 0 saturated carbocycles. The highest BCUT2D eigenvalue weighted by molar-refractivity contribution is 5.39. The van der Waals surface area contributed by atoms with Gasteiger partial charge in [-0.2, -0.15) is 0 Å². The van der Waals surface area contributed by atoms with Crippen molar-refractivity contribution in [1.29, 1.82) is 0 Å². The Morgan fingerprint density at radius 1 is 1.12 bits per heavy atom. The van der Waals surface area contributed by atoms with Crippen LogP contribution in [-0.2, 0) is 6.54 Å². The third kappa shape index (κ3) is 1.81. The van der Waals surface area contributed by atoms with Gasteiger partial charge in [0.25, 0.3) is 0 Å². The summed E-state index contributed by atoms with van der Waals surface area (Å²) in [5, 5.41) is 3.51. The zero-order valence-electron chi connectivity index (χ0n) is 9.52. The summed E-state index contributed by atoms with van der Waals surface area (Å²) in [7, 11) is 0. The molecule has 0 amide bonds. The van der Waals surface area contributed by atoms with Crippen molar-refractivity contribution in [1.82, 2.24) is 10.2 Å². The van der Waals surface area contributed by atoms with Crippen LogP contribution in [0.2, 0.25) is 0 Å². The fourth-order valence-corrected chi connectivity index (χ4v) is 2.96. The van der Waals surface area contributed by atoms with E-state index in [0.717, 1.165) is 37.4 Å². The molecule has 16 heavy (non-hydrogen) atoms. The molecule has 2 fully saturated rings. The molecule has 3 heteroatoms. The minimum Gasteiger partial charge on any atom is -0.399 e. The van der Waals surface area contributed by atoms with Crippen LogP contribution in [0.15, 0.2) is 24.3 Å². The molecule has 1 aromatic rings. The van der Waals surface area contributed by atoms with Crippen LogP contribution in [0.25, 0.3) is 0 Å². The second kappa shape index (κ2) is 4.07. The van der Waals surface area contributed by atoms with Gasteiger partial charge in [0.05, 0.1) is 0 Å². The standard InChI is InChI=1S/C13H19N3/c14-11-3-1-10(2-4-11)9-16-12-5-6-13(16)8-15-7-12/h1-4,12-13,15H,5-9,14H2. The van der Waals surface area contributed by atoms with Crippen molar-refractivity contribution >= 4 is 5.69 Å². The molecule has 2 aliphatic rings. The van der Waals surface area contributed by atoms with Gasteiger partial charge >= 0.3 is 0 Å². The van der Waals surface area contributed by atoms with E-state index < -0.39 is 0 Å². The Balaban J connectivity index is 1.72. The maximum atomic E-state index is 5.70. The smallest absolute Gasteiger partial charge is 0.0314 e. The van der Waals surface area contributed by atoms with Crippen LogP contribution in [-0.4, -0.2) is 30.1 Å². The Hall–Kier alpha value is -1.06. The highest BCUT2D eigenvalue weighted by atomic mass is 15.3. The number of nitrogens with two attached hydrogens (primary N) is 1. The van der Waals surface area contributed by atoms with Crippen LogP contribution >= 0.6 is 0 Å². The molecule has 3 rings (SSSR count). The van der Waals surface area contributed by atoms with Gasteiger partial charge in [-0.1, -0.05) is 12.1 Å². The van der Waals surface area contributed by atoms with Gasteiger partial charge in [-0.3, -0.25) is 4.90 Å². The van der Waals surface area contributed by atoms with Gasteiger partial charge in [0.2, 0.25) is 0 Å². The van der Waals surface area contributed by atoms with Crippen molar-refractivity contribution in [3.63, 3.8) is 0 Å². The molecule has 86 valence electrons. The lowest BCUT2D eigenvalue weighted by atomic mass is 10.1. The molecule has 2 unspecified atom stereocenters. The largest absolute Gasteiger partial charge is 0.399 e. The number of nitrogen functional groups attached to an aromatic ring is 1. The molecular weight excluding hydrogens is 198 g/mol. The third-order valence-electron chi connectivity index (χ3n) is 3.88. The summed E-state index contributed by atoms with van der Waals surface area (Å²) in [5.74, 6) is 0. The van der Waals surface area contributed by atoms with Crippen LogP contribution in [0.3, 0.4) is 0 Å². The zero-order chi connectivity index (χ0) is 11.0. The molecule has 1 aromatic carbocycles. The van der Waals surface area contributed by atoms with Crippen LogP contribution in [0.5, 0.6) is 0 Å². The van der Waals surface area contributed by atoms with Gasteiger partial charge in [0.15, 0.2) is 0 Å². The predicted molar refractivity (Wildman–Crippen MR) is 66.1 cm³/mol. The molecule has 2 heterocycles. The van der Waals surface area contributed by atoms with Crippen LogP contribution in [0, 0.1) is 0 Å². The predicted octanol–water partition coefficient (Wildman–Crippen LogP) is 1.20. The molecule has 0 aliphatic carbocycles. The maximum absolute atomic E-state index is 5.70. The van der Waals surface area contributed by atoms with Gasteiger partial charge < -0.3 is 11.1 Å². The first-order valence-electron chi connectivity index (χ1n) is 6.14. The Morgan fingerprint density at radius 3 is 2.38 bits per heavy atom. The molecular formula is C13H19N3. The van der Waals surface area contributed by atoms with Crippen LogP contribution in [0.4, 0.5) is 5.69 Å². The van der Waals surface area contributed by atoms with Crippen molar-refractivity contribution in [3.8, 4) is 0 Å². The molecule has 2 atom stereocenters. The quantitative estimate of drug-likeness (QED) is 0.732. The van der Waals surface area contributed by atoms with E-state index in [4.69, 9.17) is 5.73 Å². The first-order valence-corrected chi connectivity index (χ1v) is 6.14. The van der Waals surface area contributed by atoms with Crippen LogP contribution < -0.4 is 11.1 Å². The summed E-state index contributed by atoms with van der Waals surface area (Å²) in [5.41, 5.74) is 7.94. The fraction of sp³-hybridized carbons (Fsp3) is 0.538. The summed E-state index contributed by atoms with van der Waals surface area (Å²) in [6, 6.07) is 9.79. The van der Waals surface area contributed by atoms with E-state index in [0.29, 0.717) is 0 Å². The van der Waals surface area contributed by atoms with Gasteiger partial charge in [-0.25, -0.2) is 0 Å². The van der Waals surface area contributed by atoms with Gasteiger partial charge in [-0.05, 0) is 30.5 Å². The first-order chi connectivity index (χ1) is 7.83. The number of benzene rings is 1. The molecule has 2 bridgehead atoms. The minimum absolute atomic E-state index is 0.747. The SMILES string of the molecule is Nc1ccc(CN2C3CCC2CNC3)cc1. The van der Waals surface area contributed by atoms with E-state index in [9.17, 15) is 0 Å². The lowest BCUT2D eigenvalue weighted by molar-refractivity contribution is 0.145. The number of nitrogens with one attached hydrogen (secondary N) is 1. The minimum atomic E-state index is 0.747. The molecule has 0 radical (unpaired) electrons. The number of hydrogen-bond acceptors (Lipinski definition) is 3. The summed E-state index contributed by atoms with van der Waals surface area (Å²) in [6.45, 7) is 3.40. The lowest BCUT2D eigenvalue weighted by Gasteiger charge is -2.35. The average Bonchev–Trinajstić information content (AvgIpc) is 2.52.